The second kappa shape index (κ2) is 10.2. The van der Waals surface area contributed by atoms with Gasteiger partial charge in [-0.2, -0.15) is 0 Å². The summed E-state index contributed by atoms with van der Waals surface area (Å²) in [6.07, 6.45) is 0. The third kappa shape index (κ3) is 6.12. The van der Waals surface area contributed by atoms with Crippen LogP contribution in [0.25, 0.3) is 0 Å². The molecule has 12 heteroatoms. The van der Waals surface area contributed by atoms with Crippen LogP contribution >= 0.6 is 0 Å². The maximum absolute atomic E-state index is 12.7. The Kier molecular flexibility index (Phi) is 7.35. The SMILES string of the molecule is COc1ccc(NC(C)=O)cc1NC(=O)c1ccc(NS(=O)(=O)c2ccc(C)c([N+](=O)[O-])c2)cc1. The van der Waals surface area contributed by atoms with Crippen LogP contribution < -0.4 is 20.1 Å². The lowest BCUT2D eigenvalue weighted by Crippen LogP contribution is -2.15. The Morgan fingerprint density at radius 2 is 1.60 bits per heavy atom. The van der Waals surface area contributed by atoms with Crippen molar-refractivity contribution in [2.75, 3.05) is 22.5 Å². The van der Waals surface area contributed by atoms with E-state index in [4.69, 9.17) is 4.74 Å². The fourth-order valence-electron chi connectivity index (χ4n) is 3.14. The monoisotopic (exact) mass is 498 g/mol. The highest BCUT2D eigenvalue weighted by molar-refractivity contribution is 7.92. The third-order valence-electron chi connectivity index (χ3n) is 4.85. The first-order valence-corrected chi connectivity index (χ1v) is 11.6. The van der Waals surface area contributed by atoms with Crippen molar-refractivity contribution in [1.82, 2.24) is 0 Å². The van der Waals surface area contributed by atoms with Crippen LogP contribution in [0.15, 0.2) is 65.6 Å². The first-order chi connectivity index (χ1) is 16.5. The van der Waals surface area contributed by atoms with Crippen molar-refractivity contribution >= 4 is 44.6 Å². The molecule has 3 aromatic rings. The van der Waals surface area contributed by atoms with E-state index in [1.165, 1.54) is 57.4 Å². The number of methoxy groups -OCH3 is 1. The number of carbonyl (C=O) groups is 2. The van der Waals surface area contributed by atoms with Crippen LogP contribution in [0.4, 0.5) is 22.7 Å². The summed E-state index contributed by atoms with van der Waals surface area (Å²) in [6.45, 7) is 2.87. The van der Waals surface area contributed by atoms with E-state index in [9.17, 15) is 28.1 Å². The van der Waals surface area contributed by atoms with E-state index in [1.807, 2.05) is 0 Å². The minimum Gasteiger partial charge on any atom is -0.495 e. The van der Waals surface area contributed by atoms with Gasteiger partial charge < -0.3 is 15.4 Å². The molecule has 0 saturated heterocycles. The summed E-state index contributed by atoms with van der Waals surface area (Å²) in [5.74, 6) is -0.387. The Morgan fingerprint density at radius 3 is 2.20 bits per heavy atom. The lowest BCUT2D eigenvalue weighted by atomic mass is 10.2. The van der Waals surface area contributed by atoms with Gasteiger partial charge in [0, 0.05) is 35.5 Å². The number of hydrogen-bond donors (Lipinski definition) is 3. The minimum atomic E-state index is -4.10. The number of hydrogen-bond acceptors (Lipinski definition) is 7. The second-order valence-electron chi connectivity index (χ2n) is 7.44. The lowest BCUT2D eigenvalue weighted by Gasteiger charge is -2.13. The zero-order chi connectivity index (χ0) is 25.8. The normalized spacial score (nSPS) is 10.8. The molecule has 2 amide bonds. The predicted octanol–water partition coefficient (Wildman–Crippen LogP) is 3.92. The van der Waals surface area contributed by atoms with Crippen molar-refractivity contribution in [3.63, 3.8) is 0 Å². The number of carbonyl (C=O) groups excluding carboxylic acids is 2. The number of nitrogens with zero attached hydrogens (tertiary/aromatic N) is 1. The Bertz CT molecular complexity index is 1400. The first-order valence-electron chi connectivity index (χ1n) is 10.1. The molecule has 0 radical (unpaired) electrons. The van der Waals surface area contributed by atoms with Crippen molar-refractivity contribution in [2.45, 2.75) is 18.7 Å². The number of nitro groups is 1. The van der Waals surface area contributed by atoms with Crippen LogP contribution in [0.5, 0.6) is 5.75 Å². The summed E-state index contributed by atoms with van der Waals surface area (Å²) in [4.78, 5) is 34.2. The zero-order valence-corrected chi connectivity index (χ0v) is 19.8. The molecule has 0 spiro atoms. The molecule has 11 nitrogen and oxygen atoms in total. The van der Waals surface area contributed by atoms with Gasteiger partial charge in [-0.05, 0) is 55.5 Å². The molecular formula is C23H22N4O7S. The smallest absolute Gasteiger partial charge is 0.273 e. The number of benzene rings is 3. The summed E-state index contributed by atoms with van der Waals surface area (Å²) in [5.41, 5.74) is 1.21. The Hall–Kier alpha value is -4.45. The van der Waals surface area contributed by atoms with Gasteiger partial charge in [-0.15, -0.1) is 0 Å². The van der Waals surface area contributed by atoms with Gasteiger partial charge in [0.05, 0.1) is 22.6 Å². The molecule has 0 unspecified atom stereocenters. The molecule has 35 heavy (non-hydrogen) atoms. The molecule has 0 bridgehead atoms. The number of nitro benzene ring substituents is 1. The third-order valence-corrected chi connectivity index (χ3v) is 6.23. The number of nitrogens with one attached hydrogen (secondary N) is 3. The molecule has 182 valence electrons. The summed E-state index contributed by atoms with van der Waals surface area (Å²) >= 11 is 0. The van der Waals surface area contributed by atoms with Gasteiger partial charge in [-0.3, -0.25) is 24.4 Å². The maximum Gasteiger partial charge on any atom is 0.273 e. The molecule has 0 aliphatic heterocycles. The zero-order valence-electron chi connectivity index (χ0n) is 19.0. The number of sulfonamides is 1. The Balaban J connectivity index is 1.77. The molecule has 0 saturated carbocycles. The topological polar surface area (TPSA) is 157 Å². The quantitative estimate of drug-likeness (QED) is 0.314. The summed E-state index contributed by atoms with van der Waals surface area (Å²) in [7, 11) is -2.66. The standard InChI is InChI=1S/C23H22N4O7S/c1-14-4-10-19(13-21(14)27(30)31)35(32,33)26-17-7-5-16(6-8-17)23(29)25-20-12-18(24-15(2)28)9-11-22(20)34-3/h4-13,26H,1-3H3,(H,24,28)(H,25,29). The first kappa shape index (κ1) is 25.2. The molecule has 0 aliphatic rings. The van der Waals surface area contributed by atoms with Crippen molar-refractivity contribution in [3.05, 3.63) is 81.9 Å². The molecule has 3 rings (SSSR count). The molecule has 0 fully saturated rings. The van der Waals surface area contributed by atoms with Gasteiger partial charge in [-0.1, -0.05) is 6.07 Å². The van der Waals surface area contributed by atoms with Gasteiger partial charge in [0.1, 0.15) is 5.75 Å². The van der Waals surface area contributed by atoms with Crippen LogP contribution in [-0.2, 0) is 14.8 Å². The summed E-state index contributed by atoms with van der Waals surface area (Å²) in [5, 5.41) is 16.4. The molecule has 0 atom stereocenters. The van der Waals surface area contributed by atoms with Crippen molar-refractivity contribution < 1.29 is 27.7 Å². The highest BCUT2D eigenvalue weighted by Crippen LogP contribution is 2.29. The van der Waals surface area contributed by atoms with Gasteiger partial charge in [0.25, 0.3) is 21.6 Å². The number of anilines is 3. The van der Waals surface area contributed by atoms with Crippen LogP contribution in [0.1, 0.15) is 22.8 Å². The molecule has 3 N–H and O–H groups in total. The minimum absolute atomic E-state index is 0.162. The van der Waals surface area contributed by atoms with E-state index < -0.39 is 20.9 Å². The highest BCUT2D eigenvalue weighted by atomic mass is 32.2. The molecular weight excluding hydrogens is 476 g/mol. The average Bonchev–Trinajstić information content (AvgIpc) is 2.79. The molecule has 0 heterocycles. The van der Waals surface area contributed by atoms with Crippen LogP contribution in [0.3, 0.4) is 0 Å². The number of aryl methyl sites for hydroxylation is 1. The second-order valence-corrected chi connectivity index (χ2v) is 9.12. The Labute approximate surface area is 201 Å². The van der Waals surface area contributed by atoms with Gasteiger partial charge in [0.15, 0.2) is 0 Å². The van der Waals surface area contributed by atoms with Gasteiger partial charge >= 0.3 is 0 Å². The number of ether oxygens (including phenoxy) is 1. The van der Waals surface area contributed by atoms with E-state index in [-0.39, 0.29) is 27.7 Å². The van der Waals surface area contributed by atoms with Gasteiger partial charge in [-0.25, -0.2) is 8.42 Å². The van der Waals surface area contributed by atoms with Crippen LogP contribution in [-0.4, -0.2) is 32.3 Å². The average molecular weight is 499 g/mol. The van der Waals surface area contributed by atoms with Crippen molar-refractivity contribution in [1.29, 1.82) is 0 Å². The molecule has 0 aliphatic carbocycles. The van der Waals surface area contributed by atoms with E-state index in [0.717, 1.165) is 6.07 Å². The Morgan fingerprint density at radius 1 is 0.943 bits per heavy atom. The summed E-state index contributed by atoms with van der Waals surface area (Å²) in [6, 6.07) is 14.0. The number of rotatable bonds is 8. The van der Waals surface area contributed by atoms with Crippen LogP contribution in [0, 0.1) is 17.0 Å². The predicted molar refractivity (Wildman–Crippen MR) is 130 cm³/mol. The molecule has 3 aromatic carbocycles. The van der Waals surface area contributed by atoms with Gasteiger partial charge in [0.2, 0.25) is 5.91 Å². The molecule has 0 aromatic heterocycles. The van der Waals surface area contributed by atoms with E-state index in [0.29, 0.717) is 22.7 Å². The lowest BCUT2D eigenvalue weighted by molar-refractivity contribution is -0.385. The van der Waals surface area contributed by atoms with E-state index in [1.54, 1.807) is 18.2 Å². The fraction of sp³-hybridized carbons (Fsp3) is 0.130. The van der Waals surface area contributed by atoms with Crippen molar-refractivity contribution in [2.24, 2.45) is 0 Å². The fourth-order valence-corrected chi connectivity index (χ4v) is 4.22. The van der Waals surface area contributed by atoms with E-state index in [2.05, 4.69) is 15.4 Å². The highest BCUT2D eigenvalue weighted by Gasteiger charge is 2.20. The maximum atomic E-state index is 12.7. The summed E-state index contributed by atoms with van der Waals surface area (Å²) < 4.78 is 32.9. The largest absolute Gasteiger partial charge is 0.495 e. The number of amides is 2. The van der Waals surface area contributed by atoms with Crippen LogP contribution in [0.2, 0.25) is 0 Å². The van der Waals surface area contributed by atoms with E-state index >= 15 is 0 Å². The van der Waals surface area contributed by atoms with Crippen molar-refractivity contribution in [3.8, 4) is 5.75 Å².